The molecule has 0 spiro atoms. The highest BCUT2D eigenvalue weighted by atomic mass is 32.2. The number of aryl methyl sites for hydroxylation is 2. The van der Waals surface area contributed by atoms with Crippen molar-refractivity contribution < 1.29 is 17.9 Å². The molecule has 2 unspecified atom stereocenters. The van der Waals surface area contributed by atoms with E-state index >= 15 is 0 Å². The first-order valence-corrected chi connectivity index (χ1v) is 17.2. The minimum atomic E-state index is -3.69. The average Bonchev–Trinajstić information content (AvgIpc) is 2.99. The highest BCUT2D eigenvalue weighted by Gasteiger charge is 2.36. The standard InChI is InChI=1S/C32H52N6O4S/c1-7-8-13-32(36(4)5)14-19-37(20-15-32)18-12-28(33)31-34-16-11-29(35-31)42-26-10-9-17-38(23-26)43(39,40)30-24(2)21-27(41-6)22-25(30)3/h11,16,21-22,26,28H,7-10,12-15,17-20,23,33H2,1-6H3. The number of methoxy groups -OCH3 is 1. The minimum absolute atomic E-state index is 0.264. The highest BCUT2D eigenvalue weighted by molar-refractivity contribution is 7.89. The Bertz CT molecular complexity index is 1290. The number of rotatable bonds is 13. The van der Waals surface area contributed by atoms with Crippen molar-refractivity contribution in [2.45, 2.75) is 94.7 Å². The fraction of sp³-hybridized carbons (Fsp3) is 0.688. The number of unbranched alkanes of at least 4 members (excludes halogenated alkanes) is 1. The topological polar surface area (TPSA) is 114 Å². The Labute approximate surface area is 259 Å². The quantitative estimate of drug-likeness (QED) is 0.352. The van der Waals surface area contributed by atoms with Gasteiger partial charge in [-0.1, -0.05) is 19.8 Å². The van der Waals surface area contributed by atoms with Gasteiger partial charge in [0.2, 0.25) is 15.9 Å². The van der Waals surface area contributed by atoms with Crippen LogP contribution in [0.1, 0.15) is 81.3 Å². The van der Waals surface area contributed by atoms with E-state index < -0.39 is 10.0 Å². The second-order valence-electron chi connectivity index (χ2n) is 12.5. The van der Waals surface area contributed by atoms with Crippen molar-refractivity contribution in [2.75, 3.05) is 53.9 Å². The minimum Gasteiger partial charge on any atom is -0.497 e. The molecule has 4 rings (SSSR count). The number of piperidine rings is 2. The number of hydrogen-bond acceptors (Lipinski definition) is 9. The van der Waals surface area contributed by atoms with E-state index in [0.29, 0.717) is 52.0 Å². The molecule has 43 heavy (non-hydrogen) atoms. The van der Waals surface area contributed by atoms with Crippen LogP contribution in [0.3, 0.4) is 0 Å². The van der Waals surface area contributed by atoms with E-state index in [0.717, 1.165) is 32.5 Å². The van der Waals surface area contributed by atoms with E-state index in [9.17, 15) is 8.42 Å². The number of aromatic nitrogens is 2. The van der Waals surface area contributed by atoms with Crippen molar-refractivity contribution in [1.82, 2.24) is 24.1 Å². The number of ether oxygens (including phenoxy) is 2. The van der Waals surface area contributed by atoms with Crippen molar-refractivity contribution in [3.63, 3.8) is 0 Å². The largest absolute Gasteiger partial charge is 0.497 e. The molecule has 2 fully saturated rings. The third-order valence-corrected chi connectivity index (χ3v) is 11.5. The average molecular weight is 617 g/mol. The van der Waals surface area contributed by atoms with Gasteiger partial charge in [-0.05, 0) is 103 Å². The van der Waals surface area contributed by atoms with Crippen molar-refractivity contribution >= 4 is 10.0 Å². The molecule has 10 nitrogen and oxygen atoms in total. The Balaban J connectivity index is 1.33. The molecule has 11 heteroatoms. The second-order valence-corrected chi connectivity index (χ2v) is 14.4. The first kappa shape index (κ1) is 33.6. The molecule has 1 aromatic heterocycles. The maximum Gasteiger partial charge on any atom is 0.243 e. The van der Waals surface area contributed by atoms with Crippen LogP contribution in [-0.4, -0.2) is 98.1 Å². The third kappa shape index (κ3) is 8.05. The van der Waals surface area contributed by atoms with Crippen LogP contribution in [0.25, 0.3) is 0 Å². The molecular weight excluding hydrogens is 564 g/mol. The van der Waals surface area contributed by atoms with Crippen LogP contribution in [-0.2, 0) is 10.0 Å². The maximum absolute atomic E-state index is 13.7. The molecule has 1 aromatic carbocycles. The molecule has 2 aliphatic rings. The predicted molar refractivity (Wildman–Crippen MR) is 170 cm³/mol. The normalized spacial score (nSPS) is 20.7. The van der Waals surface area contributed by atoms with Gasteiger partial charge in [-0.15, -0.1) is 0 Å². The summed E-state index contributed by atoms with van der Waals surface area (Å²) in [5.41, 5.74) is 8.22. The van der Waals surface area contributed by atoms with E-state index in [1.165, 1.54) is 36.4 Å². The zero-order valence-corrected chi connectivity index (χ0v) is 27.8. The Morgan fingerprint density at radius 2 is 1.86 bits per heavy atom. The number of nitrogens with zero attached hydrogens (tertiary/aromatic N) is 5. The molecule has 240 valence electrons. The summed E-state index contributed by atoms with van der Waals surface area (Å²) in [5, 5.41) is 0. The van der Waals surface area contributed by atoms with Crippen molar-refractivity contribution in [3.05, 3.63) is 41.3 Å². The van der Waals surface area contributed by atoms with Crippen molar-refractivity contribution in [1.29, 1.82) is 0 Å². The van der Waals surface area contributed by atoms with E-state index in [1.54, 1.807) is 31.5 Å². The molecule has 0 amide bonds. The van der Waals surface area contributed by atoms with Crippen LogP contribution >= 0.6 is 0 Å². The molecule has 0 aliphatic carbocycles. The monoisotopic (exact) mass is 616 g/mol. The molecule has 0 bridgehead atoms. The van der Waals surface area contributed by atoms with Crippen LogP contribution < -0.4 is 15.2 Å². The van der Waals surface area contributed by atoms with Gasteiger partial charge < -0.3 is 25.0 Å². The lowest BCUT2D eigenvalue weighted by Gasteiger charge is -2.46. The smallest absolute Gasteiger partial charge is 0.243 e. The lowest BCUT2D eigenvalue weighted by atomic mass is 9.81. The summed E-state index contributed by atoms with van der Waals surface area (Å²) in [4.78, 5) is 14.4. The summed E-state index contributed by atoms with van der Waals surface area (Å²) in [6.45, 7) is 9.67. The Morgan fingerprint density at radius 1 is 1.16 bits per heavy atom. The number of likely N-dealkylation sites (tertiary alicyclic amines) is 1. The zero-order valence-electron chi connectivity index (χ0n) is 27.0. The lowest BCUT2D eigenvalue weighted by Crippen LogP contribution is -2.52. The summed E-state index contributed by atoms with van der Waals surface area (Å²) in [6.07, 6.45) is 9.73. The number of nitrogens with two attached hydrogens (primary N) is 1. The van der Waals surface area contributed by atoms with E-state index in [1.807, 2.05) is 13.8 Å². The Kier molecular flexibility index (Phi) is 11.4. The Morgan fingerprint density at radius 3 is 2.49 bits per heavy atom. The zero-order chi connectivity index (χ0) is 31.2. The highest BCUT2D eigenvalue weighted by Crippen LogP contribution is 2.33. The van der Waals surface area contributed by atoms with Crippen molar-refractivity contribution in [3.8, 4) is 11.6 Å². The number of hydrogen-bond donors (Lipinski definition) is 1. The van der Waals surface area contributed by atoms with Crippen LogP contribution in [0.5, 0.6) is 11.6 Å². The molecule has 0 radical (unpaired) electrons. The Hall–Kier alpha value is -2.31. The van der Waals surface area contributed by atoms with Gasteiger partial charge in [0.15, 0.2) is 0 Å². The van der Waals surface area contributed by atoms with E-state index in [4.69, 9.17) is 15.2 Å². The molecule has 2 aliphatic heterocycles. The molecule has 3 heterocycles. The summed E-state index contributed by atoms with van der Waals surface area (Å²) in [6, 6.07) is 4.95. The third-order valence-electron chi connectivity index (χ3n) is 9.36. The molecule has 2 aromatic rings. The lowest BCUT2D eigenvalue weighted by molar-refractivity contribution is 0.0463. The molecule has 0 saturated carbocycles. The maximum atomic E-state index is 13.7. The number of benzene rings is 1. The molecule has 2 atom stereocenters. The van der Waals surface area contributed by atoms with Gasteiger partial charge in [0, 0.05) is 30.9 Å². The van der Waals surface area contributed by atoms with E-state index in [-0.39, 0.29) is 18.7 Å². The summed E-state index contributed by atoms with van der Waals surface area (Å²) >= 11 is 0. The van der Waals surface area contributed by atoms with Gasteiger partial charge in [0.25, 0.3) is 0 Å². The SMILES string of the molecule is CCCCC1(N(C)C)CCN(CCC(N)c2nccc(OC3CCCN(S(=O)(=O)c4c(C)cc(OC)cc4C)C3)n2)CC1. The van der Waals surface area contributed by atoms with Gasteiger partial charge in [-0.25, -0.2) is 13.4 Å². The van der Waals surface area contributed by atoms with Crippen LogP contribution in [0.15, 0.2) is 29.3 Å². The van der Waals surface area contributed by atoms with Crippen LogP contribution in [0.2, 0.25) is 0 Å². The molecule has 2 N–H and O–H groups in total. The first-order chi connectivity index (χ1) is 20.5. The predicted octanol–water partition coefficient (Wildman–Crippen LogP) is 4.31. The summed E-state index contributed by atoms with van der Waals surface area (Å²) in [7, 11) is 2.33. The first-order valence-electron chi connectivity index (χ1n) is 15.8. The van der Waals surface area contributed by atoms with E-state index in [2.05, 4.69) is 40.8 Å². The van der Waals surface area contributed by atoms with Gasteiger partial charge >= 0.3 is 0 Å². The second kappa shape index (κ2) is 14.6. The number of sulfonamides is 1. The fourth-order valence-electron chi connectivity index (χ4n) is 6.63. The van der Waals surface area contributed by atoms with Gasteiger partial charge in [-0.2, -0.15) is 9.29 Å². The van der Waals surface area contributed by atoms with Crippen LogP contribution in [0, 0.1) is 13.8 Å². The van der Waals surface area contributed by atoms with Crippen molar-refractivity contribution in [2.24, 2.45) is 5.73 Å². The van der Waals surface area contributed by atoms with Gasteiger partial charge in [-0.3, -0.25) is 0 Å². The fourth-order valence-corrected chi connectivity index (χ4v) is 8.55. The van der Waals surface area contributed by atoms with Gasteiger partial charge in [0.1, 0.15) is 17.7 Å². The molecular formula is C32H52N6O4S. The van der Waals surface area contributed by atoms with Gasteiger partial charge in [0.05, 0.1) is 24.6 Å². The molecule has 2 saturated heterocycles. The summed E-state index contributed by atoms with van der Waals surface area (Å²) in [5.74, 6) is 1.65. The summed E-state index contributed by atoms with van der Waals surface area (Å²) < 4.78 is 40.4. The van der Waals surface area contributed by atoms with Crippen LogP contribution in [0.4, 0.5) is 0 Å².